The van der Waals surface area contributed by atoms with Crippen molar-refractivity contribution >= 4 is 32.5 Å². The van der Waals surface area contributed by atoms with Gasteiger partial charge in [0.2, 0.25) is 10.0 Å². The zero-order valence-electron chi connectivity index (χ0n) is 11.8. The monoisotopic (exact) mass is 328 g/mol. The normalized spacial score (nSPS) is 13.8. The van der Waals surface area contributed by atoms with Gasteiger partial charge in [-0.05, 0) is 43.7 Å². The SMILES string of the molecule is CC(O)CCN(C)S(=O)(=O)c1ccc2nc(Cl)ccc2c1. The van der Waals surface area contributed by atoms with Crippen LogP contribution in [0.25, 0.3) is 10.9 Å². The lowest BCUT2D eigenvalue weighted by atomic mass is 10.2. The van der Waals surface area contributed by atoms with E-state index >= 15 is 0 Å². The van der Waals surface area contributed by atoms with E-state index in [1.807, 2.05) is 0 Å². The van der Waals surface area contributed by atoms with Crippen LogP contribution in [0.2, 0.25) is 5.15 Å². The number of hydrogen-bond acceptors (Lipinski definition) is 4. The Morgan fingerprint density at radius 1 is 1.33 bits per heavy atom. The molecule has 7 heteroatoms. The second-order valence-corrected chi connectivity index (χ2v) is 7.38. The molecule has 1 N–H and O–H groups in total. The minimum atomic E-state index is -3.57. The summed E-state index contributed by atoms with van der Waals surface area (Å²) in [6.45, 7) is 1.89. The maximum Gasteiger partial charge on any atom is 0.242 e. The second kappa shape index (κ2) is 6.27. The fourth-order valence-electron chi connectivity index (χ4n) is 1.91. The Balaban J connectivity index is 2.33. The maximum absolute atomic E-state index is 12.5. The number of aromatic nitrogens is 1. The first-order chi connectivity index (χ1) is 9.80. The quantitative estimate of drug-likeness (QED) is 0.855. The average Bonchev–Trinajstić information content (AvgIpc) is 2.43. The van der Waals surface area contributed by atoms with Crippen LogP contribution in [0.15, 0.2) is 35.2 Å². The molecule has 1 heterocycles. The number of pyridine rings is 1. The highest BCUT2D eigenvalue weighted by Gasteiger charge is 2.21. The molecule has 0 radical (unpaired) electrons. The smallest absolute Gasteiger partial charge is 0.242 e. The predicted molar refractivity (Wildman–Crippen MR) is 82.9 cm³/mol. The third-order valence-corrected chi connectivity index (χ3v) is 5.26. The molecule has 0 aliphatic carbocycles. The molecule has 0 saturated carbocycles. The molecule has 0 amide bonds. The van der Waals surface area contributed by atoms with Gasteiger partial charge in [-0.1, -0.05) is 11.6 Å². The molecule has 21 heavy (non-hydrogen) atoms. The molecule has 2 rings (SSSR count). The lowest BCUT2D eigenvalue weighted by Gasteiger charge is -2.18. The summed E-state index contributed by atoms with van der Waals surface area (Å²) < 4.78 is 26.1. The van der Waals surface area contributed by atoms with Gasteiger partial charge in [0.15, 0.2) is 0 Å². The summed E-state index contributed by atoms with van der Waals surface area (Å²) in [5, 5.41) is 10.3. The number of aliphatic hydroxyl groups is 1. The van der Waals surface area contributed by atoms with E-state index in [0.29, 0.717) is 22.5 Å². The van der Waals surface area contributed by atoms with Gasteiger partial charge in [-0.2, -0.15) is 0 Å². The highest BCUT2D eigenvalue weighted by atomic mass is 35.5. The Morgan fingerprint density at radius 2 is 2.05 bits per heavy atom. The van der Waals surface area contributed by atoms with Gasteiger partial charge in [0.1, 0.15) is 5.15 Å². The van der Waals surface area contributed by atoms with E-state index in [4.69, 9.17) is 11.6 Å². The molecule has 1 unspecified atom stereocenters. The van der Waals surface area contributed by atoms with Crippen LogP contribution in [0, 0.1) is 0 Å². The fraction of sp³-hybridized carbons (Fsp3) is 0.357. The van der Waals surface area contributed by atoms with Crippen LogP contribution < -0.4 is 0 Å². The zero-order chi connectivity index (χ0) is 15.6. The summed E-state index contributed by atoms with van der Waals surface area (Å²) in [4.78, 5) is 4.33. The summed E-state index contributed by atoms with van der Waals surface area (Å²) in [7, 11) is -2.07. The van der Waals surface area contributed by atoms with Crippen LogP contribution in [0.3, 0.4) is 0 Å². The Kier molecular flexibility index (Phi) is 4.83. The highest BCUT2D eigenvalue weighted by molar-refractivity contribution is 7.89. The minimum Gasteiger partial charge on any atom is -0.393 e. The van der Waals surface area contributed by atoms with Crippen molar-refractivity contribution in [2.75, 3.05) is 13.6 Å². The molecule has 0 aliphatic rings. The van der Waals surface area contributed by atoms with Gasteiger partial charge in [-0.15, -0.1) is 0 Å². The van der Waals surface area contributed by atoms with Gasteiger partial charge in [0.25, 0.3) is 0 Å². The largest absolute Gasteiger partial charge is 0.393 e. The third-order valence-electron chi connectivity index (χ3n) is 3.20. The van der Waals surface area contributed by atoms with E-state index < -0.39 is 16.1 Å². The van der Waals surface area contributed by atoms with E-state index in [9.17, 15) is 13.5 Å². The van der Waals surface area contributed by atoms with Crippen LogP contribution in [0.1, 0.15) is 13.3 Å². The Hall–Kier alpha value is -1.21. The Labute approximate surface area is 129 Å². The molecular weight excluding hydrogens is 312 g/mol. The molecule has 0 fully saturated rings. The lowest BCUT2D eigenvalue weighted by Crippen LogP contribution is -2.29. The summed E-state index contributed by atoms with van der Waals surface area (Å²) in [6, 6.07) is 8.08. The third kappa shape index (κ3) is 3.71. The van der Waals surface area contributed by atoms with Crippen molar-refractivity contribution in [1.82, 2.24) is 9.29 Å². The first-order valence-corrected chi connectivity index (χ1v) is 8.33. The Bertz CT molecular complexity index is 747. The van der Waals surface area contributed by atoms with Gasteiger partial charge in [-0.3, -0.25) is 0 Å². The van der Waals surface area contributed by atoms with E-state index in [2.05, 4.69) is 4.98 Å². The van der Waals surface area contributed by atoms with Crippen LogP contribution in [-0.2, 0) is 10.0 Å². The van der Waals surface area contributed by atoms with Gasteiger partial charge >= 0.3 is 0 Å². The number of nitrogens with zero attached hydrogens (tertiary/aromatic N) is 2. The number of aliphatic hydroxyl groups excluding tert-OH is 1. The Morgan fingerprint density at radius 3 is 2.71 bits per heavy atom. The molecule has 0 aliphatic heterocycles. The molecule has 114 valence electrons. The molecule has 2 aromatic rings. The topological polar surface area (TPSA) is 70.5 Å². The van der Waals surface area contributed by atoms with Gasteiger partial charge in [0.05, 0.1) is 16.5 Å². The molecular formula is C14H17ClN2O3S. The van der Waals surface area contributed by atoms with E-state index in [1.165, 1.54) is 17.4 Å². The molecule has 5 nitrogen and oxygen atoms in total. The summed E-state index contributed by atoms with van der Waals surface area (Å²) in [6.07, 6.45) is -0.147. The van der Waals surface area contributed by atoms with Crippen molar-refractivity contribution in [2.45, 2.75) is 24.3 Å². The highest BCUT2D eigenvalue weighted by Crippen LogP contribution is 2.22. The van der Waals surface area contributed by atoms with Crippen LogP contribution in [-0.4, -0.2) is 42.5 Å². The molecule has 1 atom stereocenters. The predicted octanol–water partition coefficient (Wildman–Crippen LogP) is 2.28. The van der Waals surface area contributed by atoms with Crippen molar-refractivity contribution in [2.24, 2.45) is 0 Å². The number of sulfonamides is 1. The van der Waals surface area contributed by atoms with Gasteiger partial charge < -0.3 is 5.11 Å². The first-order valence-electron chi connectivity index (χ1n) is 6.51. The molecule has 0 bridgehead atoms. The van der Waals surface area contributed by atoms with E-state index in [1.54, 1.807) is 31.2 Å². The van der Waals surface area contributed by atoms with Crippen molar-refractivity contribution in [3.63, 3.8) is 0 Å². The minimum absolute atomic E-state index is 0.201. The maximum atomic E-state index is 12.5. The number of fused-ring (bicyclic) bond motifs is 1. The second-order valence-electron chi connectivity index (χ2n) is 4.95. The van der Waals surface area contributed by atoms with E-state index in [0.717, 1.165) is 0 Å². The van der Waals surface area contributed by atoms with Crippen LogP contribution in [0.4, 0.5) is 0 Å². The van der Waals surface area contributed by atoms with Crippen LogP contribution in [0.5, 0.6) is 0 Å². The number of rotatable bonds is 5. The molecule has 1 aromatic heterocycles. The van der Waals surface area contributed by atoms with E-state index in [-0.39, 0.29) is 11.4 Å². The van der Waals surface area contributed by atoms with Crippen molar-refractivity contribution in [3.8, 4) is 0 Å². The summed E-state index contributed by atoms with van der Waals surface area (Å²) in [5.41, 5.74) is 0.646. The van der Waals surface area contributed by atoms with Crippen molar-refractivity contribution < 1.29 is 13.5 Å². The molecule has 0 spiro atoms. The standard InChI is InChI=1S/C14H17ClN2O3S/c1-10(18)7-8-17(2)21(19,20)12-4-5-13-11(9-12)3-6-14(15)16-13/h3-6,9-10,18H,7-8H2,1-2H3. The van der Waals surface area contributed by atoms with Crippen molar-refractivity contribution in [3.05, 3.63) is 35.5 Å². The zero-order valence-corrected chi connectivity index (χ0v) is 13.4. The number of halogens is 1. The molecule has 0 saturated heterocycles. The average molecular weight is 329 g/mol. The van der Waals surface area contributed by atoms with Gasteiger partial charge in [-0.25, -0.2) is 17.7 Å². The van der Waals surface area contributed by atoms with Gasteiger partial charge in [0, 0.05) is 19.0 Å². The van der Waals surface area contributed by atoms with Crippen molar-refractivity contribution in [1.29, 1.82) is 0 Å². The first kappa shape index (κ1) is 16.2. The number of hydrogen-bond donors (Lipinski definition) is 1. The lowest BCUT2D eigenvalue weighted by molar-refractivity contribution is 0.177. The molecule has 1 aromatic carbocycles. The number of benzene rings is 1. The summed E-state index contributed by atoms with van der Waals surface area (Å²) >= 11 is 5.81. The van der Waals surface area contributed by atoms with Crippen LogP contribution >= 0.6 is 11.6 Å². The summed E-state index contributed by atoms with van der Waals surface area (Å²) in [5.74, 6) is 0. The fourth-order valence-corrected chi connectivity index (χ4v) is 3.28.